The topological polar surface area (TPSA) is 15.7 Å². The zero-order valence-corrected chi connectivity index (χ0v) is 17.1. The summed E-state index contributed by atoms with van der Waals surface area (Å²) in [5.74, 6) is 0.912. The summed E-state index contributed by atoms with van der Waals surface area (Å²) in [6.45, 7) is 11.5. The van der Waals surface area contributed by atoms with Gasteiger partial charge in [-0.15, -0.1) is 12.4 Å². The minimum absolute atomic E-state index is 0. The molecule has 3 rings (SSSR count). The molecule has 0 spiro atoms. The molecule has 0 unspecified atom stereocenters. The molecule has 0 saturated carbocycles. The Morgan fingerprint density at radius 3 is 2.24 bits per heavy atom. The van der Waals surface area contributed by atoms with Crippen LogP contribution in [0, 0.1) is 0 Å². The lowest BCUT2D eigenvalue weighted by Gasteiger charge is -2.44. The van der Waals surface area contributed by atoms with Crippen molar-refractivity contribution in [1.82, 2.24) is 4.90 Å². The quantitative estimate of drug-likeness (QED) is 0.750. The molecule has 0 aromatic heterocycles. The summed E-state index contributed by atoms with van der Waals surface area (Å²) in [7, 11) is 3.98. The molecule has 1 aliphatic rings. The summed E-state index contributed by atoms with van der Waals surface area (Å²) in [6.07, 6.45) is 1.16. The standard InChI is InChI=1S/C21H30N2O.ClH/c1-20(2)11-12-23(15-21(3,4)22(20)5)18-9-7-17-14-19(24-6)10-8-16(17)13-18;/h7-10,13-14H,11-12,15H2,1-6H3;1H. The molecule has 0 radical (unpaired) electrons. The number of hydrogen-bond acceptors (Lipinski definition) is 3. The molecule has 0 bridgehead atoms. The third-order valence-corrected chi connectivity index (χ3v) is 5.78. The van der Waals surface area contributed by atoms with Crippen LogP contribution in [0.25, 0.3) is 10.8 Å². The summed E-state index contributed by atoms with van der Waals surface area (Å²) < 4.78 is 5.33. The van der Waals surface area contributed by atoms with Gasteiger partial charge in [-0.2, -0.15) is 0 Å². The van der Waals surface area contributed by atoms with Gasteiger partial charge in [-0.05, 0) is 76.2 Å². The van der Waals surface area contributed by atoms with Crippen molar-refractivity contribution in [1.29, 1.82) is 0 Å². The highest BCUT2D eigenvalue weighted by molar-refractivity contribution is 5.87. The number of nitrogens with zero attached hydrogens (tertiary/aromatic N) is 2. The monoisotopic (exact) mass is 362 g/mol. The molecule has 0 amide bonds. The number of halogens is 1. The van der Waals surface area contributed by atoms with Crippen molar-refractivity contribution in [2.45, 2.75) is 45.2 Å². The maximum Gasteiger partial charge on any atom is 0.119 e. The van der Waals surface area contributed by atoms with Crippen LogP contribution in [0.5, 0.6) is 5.75 Å². The van der Waals surface area contributed by atoms with Gasteiger partial charge in [0, 0.05) is 29.9 Å². The minimum Gasteiger partial charge on any atom is -0.497 e. The van der Waals surface area contributed by atoms with Crippen LogP contribution in [0.15, 0.2) is 36.4 Å². The maximum atomic E-state index is 5.33. The van der Waals surface area contributed by atoms with Crippen LogP contribution in [-0.2, 0) is 0 Å². The van der Waals surface area contributed by atoms with Crippen LogP contribution in [0.3, 0.4) is 0 Å². The van der Waals surface area contributed by atoms with E-state index in [9.17, 15) is 0 Å². The number of benzene rings is 2. The number of methoxy groups -OCH3 is 1. The largest absolute Gasteiger partial charge is 0.497 e. The molecular formula is C21H31ClN2O. The van der Waals surface area contributed by atoms with E-state index in [1.807, 2.05) is 6.07 Å². The smallest absolute Gasteiger partial charge is 0.119 e. The van der Waals surface area contributed by atoms with Crippen molar-refractivity contribution in [3.05, 3.63) is 36.4 Å². The third kappa shape index (κ3) is 3.88. The fraction of sp³-hybridized carbons (Fsp3) is 0.524. The lowest BCUT2D eigenvalue weighted by molar-refractivity contribution is 0.0590. The molecule has 1 heterocycles. The molecular weight excluding hydrogens is 332 g/mol. The molecule has 138 valence electrons. The van der Waals surface area contributed by atoms with Crippen molar-refractivity contribution in [2.75, 3.05) is 32.1 Å². The Morgan fingerprint density at radius 1 is 0.920 bits per heavy atom. The summed E-state index contributed by atoms with van der Waals surface area (Å²) in [5.41, 5.74) is 1.66. The van der Waals surface area contributed by atoms with Crippen LogP contribution in [0.4, 0.5) is 5.69 Å². The highest BCUT2D eigenvalue weighted by Gasteiger charge is 2.39. The first-order chi connectivity index (χ1) is 11.2. The molecule has 3 nitrogen and oxygen atoms in total. The van der Waals surface area contributed by atoms with Gasteiger partial charge >= 0.3 is 0 Å². The van der Waals surface area contributed by atoms with Crippen molar-refractivity contribution >= 4 is 28.9 Å². The van der Waals surface area contributed by atoms with E-state index < -0.39 is 0 Å². The molecule has 25 heavy (non-hydrogen) atoms. The second-order valence-electron chi connectivity index (χ2n) is 8.25. The van der Waals surface area contributed by atoms with E-state index in [-0.39, 0.29) is 23.5 Å². The Kier molecular flexibility index (Phi) is 5.60. The lowest BCUT2D eigenvalue weighted by atomic mass is 9.93. The van der Waals surface area contributed by atoms with Crippen LogP contribution in [-0.4, -0.2) is 43.2 Å². The summed E-state index contributed by atoms with van der Waals surface area (Å²) in [4.78, 5) is 5.07. The molecule has 0 aliphatic carbocycles. The van der Waals surface area contributed by atoms with E-state index in [4.69, 9.17) is 4.74 Å². The number of rotatable bonds is 2. The number of ether oxygens (including phenoxy) is 1. The average Bonchev–Trinajstić information content (AvgIpc) is 2.64. The second kappa shape index (κ2) is 7.05. The van der Waals surface area contributed by atoms with Crippen molar-refractivity contribution in [3.63, 3.8) is 0 Å². The van der Waals surface area contributed by atoms with E-state index >= 15 is 0 Å². The summed E-state index contributed by atoms with van der Waals surface area (Å²) in [6, 6.07) is 13.0. The molecule has 1 fully saturated rings. The number of fused-ring (bicyclic) bond motifs is 1. The first-order valence-electron chi connectivity index (χ1n) is 8.80. The average molecular weight is 363 g/mol. The highest BCUT2D eigenvalue weighted by Crippen LogP contribution is 2.34. The Labute approximate surface area is 158 Å². The van der Waals surface area contributed by atoms with Crippen molar-refractivity contribution in [3.8, 4) is 5.75 Å². The van der Waals surface area contributed by atoms with Crippen LogP contribution < -0.4 is 9.64 Å². The number of likely N-dealkylation sites (N-methyl/N-ethyl adjacent to an activating group) is 1. The predicted octanol–water partition coefficient (Wildman–Crippen LogP) is 4.97. The van der Waals surface area contributed by atoms with E-state index in [0.29, 0.717) is 0 Å². The van der Waals surface area contributed by atoms with Gasteiger partial charge in [0.1, 0.15) is 5.75 Å². The Morgan fingerprint density at radius 2 is 1.56 bits per heavy atom. The zero-order valence-electron chi connectivity index (χ0n) is 16.3. The molecule has 1 aliphatic heterocycles. The molecule has 1 saturated heterocycles. The van der Waals surface area contributed by atoms with Crippen LogP contribution in [0.2, 0.25) is 0 Å². The number of anilines is 1. The van der Waals surface area contributed by atoms with Gasteiger partial charge in [0.15, 0.2) is 0 Å². The van der Waals surface area contributed by atoms with Gasteiger partial charge in [0.2, 0.25) is 0 Å². The maximum absolute atomic E-state index is 5.33. The fourth-order valence-corrected chi connectivity index (χ4v) is 3.80. The lowest BCUT2D eigenvalue weighted by Crippen LogP contribution is -2.54. The van der Waals surface area contributed by atoms with Gasteiger partial charge in [0.25, 0.3) is 0 Å². The van der Waals surface area contributed by atoms with Crippen molar-refractivity contribution in [2.24, 2.45) is 0 Å². The van der Waals surface area contributed by atoms with Crippen molar-refractivity contribution < 1.29 is 4.74 Å². The van der Waals surface area contributed by atoms with Crippen LogP contribution in [0.1, 0.15) is 34.1 Å². The molecule has 2 aromatic rings. The SMILES string of the molecule is COc1ccc2cc(N3CCC(C)(C)N(C)C(C)(C)C3)ccc2c1.Cl. The van der Waals surface area contributed by atoms with Gasteiger partial charge in [-0.3, -0.25) is 4.90 Å². The Bertz CT molecular complexity index is 742. The fourth-order valence-electron chi connectivity index (χ4n) is 3.80. The van der Waals surface area contributed by atoms with E-state index in [1.165, 1.54) is 16.5 Å². The number of hydrogen-bond donors (Lipinski definition) is 0. The van der Waals surface area contributed by atoms with Gasteiger partial charge in [-0.1, -0.05) is 12.1 Å². The van der Waals surface area contributed by atoms with Gasteiger partial charge in [-0.25, -0.2) is 0 Å². The van der Waals surface area contributed by atoms with E-state index in [1.54, 1.807) is 7.11 Å². The normalized spacial score (nSPS) is 20.0. The first-order valence-corrected chi connectivity index (χ1v) is 8.80. The van der Waals surface area contributed by atoms with E-state index in [2.05, 4.69) is 74.9 Å². The molecule has 0 N–H and O–H groups in total. The third-order valence-electron chi connectivity index (χ3n) is 5.78. The molecule has 2 aromatic carbocycles. The van der Waals surface area contributed by atoms with Gasteiger partial charge in [0.05, 0.1) is 7.11 Å². The summed E-state index contributed by atoms with van der Waals surface area (Å²) >= 11 is 0. The molecule has 0 atom stereocenters. The highest BCUT2D eigenvalue weighted by atomic mass is 35.5. The first kappa shape index (κ1) is 19.9. The minimum atomic E-state index is 0. The second-order valence-corrected chi connectivity index (χ2v) is 8.25. The Hall–Kier alpha value is -1.45. The summed E-state index contributed by atoms with van der Waals surface area (Å²) in [5, 5.41) is 2.49. The van der Waals surface area contributed by atoms with E-state index in [0.717, 1.165) is 25.3 Å². The van der Waals surface area contributed by atoms with Gasteiger partial charge < -0.3 is 9.64 Å². The van der Waals surface area contributed by atoms with Crippen LogP contribution >= 0.6 is 12.4 Å². The predicted molar refractivity (Wildman–Crippen MR) is 110 cm³/mol. The molecule has 4 heteroatoms. The zero-order chi connectivity index (χ0) is 17.5. The Balaban J connectivity index is 0.00000225.